The number of rotatable bonds is 9. The van der Waals surface area contributed by atoms with Gasteiger partial charge in [-0.2, -0.15) is 26.3 Å². The molecular weight excluding hydrogens is 378 g/mol. The summed E-state index contributed by atoms with van der Waals surface area (Å²) >= 11 is 0. The van der Waals surface area contributed by atoms with Gasteiger partial charge in [-0.25, -0.2) is 14.4 Å². The van der Waals surface area contributed by atoms with Crippen molar-refractivity contribution in [2.45, 2.75) is 44.6 Å². The number of halogens is 6. The van der Waals surface area contributed by atoms with Crippen LogP contribution in [0.25, 0.3) is 0 Å². The molecule has 0 heterocycles. The van der Waals surface area contributed by atoms with Gasteiger partial charge >= 0.3 is 35.7 Å². The van der Waals surface area contributed by atoms with Gasteiger partial charge in [0.25, 0.3) is 0 Å². The molecule has 12 heteroatoms. The van der Waals surface area contributed by atoms with E-state index in [9.17, 15) is 40.7 Å². The molecular formula is C14H16F6O6. The standard InChI is InChI=1S/C14H16F6O6/c1-7(2)9(21)24-5-6-25-10(22)12(15,16)14(19,20)13(17,18)11(23)26-8(3)4/h8H,1,5-6H2,2-4H3. The third kappa shape index (κ3) is 5.11. The fourth-order valence-electron chi connectivity index (χ4n) is 1.22. The lowest BCUT2D eigenvalue weighted by atomic mass is 10.0. The van der Waals surface area contributed by atoms with Crippen LogP contribution in [-0.2, 0) is 28.6 Å². The highest BCUT2D eigenvalue weighted by atomic mass is 19.3. The van der Waals surface area contributed by atoms with Gasteiger partial charge in [0.1, 0.15) is 13.2 Å². The maximum absolute atomic E-state index is 13.5. The third-order valence-electron chi connectivity index (χ3n) is 2.54. The van der Waals surface area contributed by atoms with Crippen LogP contribution in [0, 0.1) is 0 Å². The summed E-state index contributed by atoms with van der Waals surface area (Å²) < 4.78 is 92.5. The smallest absolute Gasteiger partial charge is 0.411 e. The Hall–Kier alpha value is -2.27. The summed E-state index contributed by atoms with van der Waals surface area (Å²) in [6.45, 7) is 4.52. The Morgan fingerprint density at radius 2 is 1.31 bits per heavy atom. The summed E-state index contributed by atoms with van der Waals surface area (Å²) in [6.07, 6.45) is -1.30. The molecule has 0 atom stereocenters. The molecule has 0 fully saturated rings. The maximum atomic E-state index is 13.5. The number of carbonyl (C=O) groups excluding carboxylic acids is 3. The quantitative estimate of drug-likeness (QED) is 0.197. The van der Waals surface area contributed by atoms with Crippen molar-refractivity contribution in [1.29, 1.82) is 0 Å². The summed E-state index contributed by atoms with van der Waals surface area (Å²) in [4.78, 5) is 33.0. The van der Waals surface area contributed by atoms with Crippen molar-refractivity contribution in [1.82, 2.24) is 0 Å². The Kier molecular flexibility index (Phi) is 7.67. The lowest BCUT2D eigenvalue weighted by Crippen LogP contribution is -2.62. The van der Waals surface area contributed by atoms with Crippen LogP contribution in [0.5, 0.6) is 0 Å². The molecule has 0 aliphatic carbocycles. The van der Waals surface area contributed by atoms with Gasteiger partial charge in [-0.05, 0) is 20.8 Å². The van der Waals surface area contributed by atoms with Crippen molar-refractivity contribution < 1.29 is 54.9 Å². The van der Waals surface area contributed by atoms with Crippen molar-refractivity contribution >= 4 is 17.9 Å². The van der Waals surface area contributed by atoms with E-state index in [0.717, 1.165) is 13.8 Å². The Bertz CT molecular complexity index is 572. The molecule has 0 bridgehead atoms. The average Bonchev–Trinajstić information content (AvgIpc) is 2.49. The minimum absolute atomic E-state index is 0.0866. The normalized spacial score (nSPS) is 12.5. The summed E-state index contributed by atoms with van der Waals surface area (Å²) in [5, 5.41) is 0. The molecule has 0 aliphatic heterocycles. The number of hydrogen-bond donors (Lipinski definition) is 0. The van der Waals surface area contributed by atoms with Crippen LogP contribution < -0.4 is 0 Å². The maximum Gasteiger partial charge on any atom is 0.411 e. The van der Waals surface area contributed by atoms with Crippen molar-refractivity contribution in [2.75, 3.05) is 13.2 Å². The molecule has 0 aromatic heterocycles. The van der Waals surface area contributed by atoms with E-state index in [2.05, 4.69) is 20.8 Å². The zero-order valence-electron chi connectivity index (χ0n) is 13.9. The molecule has 26 heavy (non-hydrogen) atoms. The summed E-state index contributed by atoms with van der Waals surface area (Å²) in [7, 11) is 0. The first-order chi connectivity index (χ1) is 11.6. The molecule has 150 valence electrons. The van der Waals surface area contributed by atoms with Gasteiger partial charge in [0.2, 0.25) is 0 Å². The highest BCUT2D eigenvalue weighted by molar-refractivity contribution is 5.87. The van der Waals surface area contributed by atoms with Crippen LogP contribution in [0.1, 0.15) is 20.8 Å². The second kappa shape index (κ2) is 8.41. The fraction of sp³-hybridized carbons (Fsp3) is 0.643. The molecule has 0 rings (SSSR count). The summed E-state index contributed by atoms with van der Waals surface area (Å²) in [6, 6.07) is 0. The Balaban J connectivity index is 5.08. The number of esters is 3. The van der Waals surface area contributed by atoms with Crippen molar-refractivity contribution in [2.24, 2.45) is 0 Å². The fourth-order valence-corrected chi connectivity index (χ4v) is 1.22. The highest BCUT2D eigenvalue weighted by Gasteiger charge is 2.79. The largest absolute Gasteiger partial charge is 0.459 e. The first-order valence-corrected chi connectivity index (χ1v) is 6.93. The Morgan fingerprint density at radius 3 is 1.73 bits per heavy atom. The van der Waals surface area contributed by atoms with E-state index in [1.165, 1.54) is 6.92 Å². The van der Waals surface area contributed by atoms with E-state index in [4.69, 9.17) is 0 Å². The number of ether oxygens (including phenoxy) is 3. The SMILES string of the molecule is C=C(C)C(=O)OCCOC(=O)C(F)(F)C(F)(F)C(F)(F)C(=O)OC(C)C. The average molecular weight is 394 g/mol. The van der Waals surface area contributed by atoms with Gasteiger partial charge in [-0.1, -0.05) is 6.58 Å². The van der Waals surface area contributed by atoms with Crippen LogP contribution in [0.4, 0.5) is 26.3 Å². The zero-order valence-corrected chi connectivity index (χ0v) is 13.9. The monoisotopic (exact) mass is 394 g/mol. The topological polar surface area (TPSA) is 78.9 Å². The van der Waals surface area contributed by atoms with E-state index in [1.807, 2.05) is 0 Å². The van der Waals surface area contributed by atoms with E-state index in [0.29, 0.717) is 0 Å². The second-order valence-corrected chi connectivity index (χ2v) is 5.23. The molecule has 0 amide bonds. The lowest BCUT2D eigenvalue weighted by molar-refractivity contribution is -0.302. The molecule has 0 saturated heterocycles. The van der Waals surface area contributed by atoms with E-state index < -0.39 is 55.0 Å². The van der Waals surface area contributed by atoms with Gasteiger partial charge in [0, 0.05) is 5.57 Å². The van der Waals surface area contributed by atoms with Crippen LogP contribution in [0.2, 0.25) is 0 Å². The van der Waals surface area contributed by atoms with E-state index in [-0.39, 0.29) is 5.57 Å². The van der Waals surface area contributed by atoms with Gasteiger partial charge in [0.15, 0.2) is 0 Å². The summed E-state index contributed by atoms with van der Waals surface area (Å²) in [5.41, 5.74) is -0.0866. The zero-order chi connectivity index (χ0) is 20.9. The minimum atomic E-state index is -6.43. The number of alkyl halides is 6. The number of hydrogen-bond acceptors (Lipinski definition) is 6. The van der Waals surface area contributed by atoms with E-state index >= 15 is 0 Å². The Morgan fingerprint density at radius 1 is 0.885 bits per heavy atom. The van der Waals surface area contributed by atoms with Crippen LogP contribution in [0.15, 0.2) is 12.2 Å². The first kappa shape index (κ1) is 23.7. The highest BCUT2D eigenvalue weighted by Crippen LogP contribution is 2.47. The summed E-state index contributed by atoms with van der Waals surface area (Å²) in [5.74, 6) is -25.5. The molecule has 0 radical (unpaired) electrons. The minimum Gasteiger partial charge on any atom is -0.459 e. The van der Waals surface area contributed by atoms with Crippen LogP contribution in [0.3, 0.4) is 0 Å². The van der Waals surface area contributed by atoms with E-state index in [1.54, 1.807) is 0 Å². The molecule has 6 nitrogen and oxygen atoms in total. The molecule has 0 aliphatic rings. The van der Waals surface area contributed by atoms with Gasteiger partial charge in [0.05, 0.1) is 6.10 Å². The Labute approximate surface area is 144 Å². The third-order valence-corrected chi connectivity index (χ3v) is 2.54. The van der Waals surface area contributed by atoms with Crippen LogP contribution >= 0.6 is 0 Å². The number of carbonyl (C=O) groups is 3. The molecule has 0 saturated carbocycles. The van der Waals surface area contributed by atoms with Gasteiger partial charge in [-0.15, -0.1) is 0 Å². The molecule has 0 unspecified atom stereocenters. The second-order valence-electron chi connectivity index (χ2n) is 5.23. The molecule has 0 spiro atoms. The molecule has 0 aromatic carbocycles. The van der Waals surface area contributed by atoms with Crippen molar-refractivity contribution in [3.63, 3.8) is 0 Å². The first-order valence-electron chi connectivity index (χ1n) is 6.93. The molecule has 0 N–H and O–H groups in total. The predicted molar refractivity (Wildman–Crippen MR) is 72.8 cm³/mol. The molecule has 0 aromatic rings. The van der Waals surface area contributed by atoms with Gasteiger partial charge < -0.3 is 14.2 Å². The van der Waals surface area contributed by atoms with Crippen LogP contribution in [-0.4, -0.2) is 55.0 Å². The van der Waals surface area contributed by atoms with Crippen molar-refractivity contribution in [3.8, 4) is 0 Å². The van der Waals surface area contributed by atoms with Gasteiger partial charge in [-0.3, -0.25) is 0 Å². The van der Waals surface area contributed by atoms with Crippen molar-refractivity contribution in [3.05, 3.63) is 12.2 Å². The predicted octanol–water partition coefficient (Wildman–Crippen LogP) is 2.51. The lowest BCUT2D eigenvalue weighted by Gasteiger charge is -2.30.